The summed E-state index contributed by atoms with van der Waals surface area (Å²) in [4.78, 5) is 12.8. The molecule has 0 amide bonds. The van der Waals surface area contributed by atoms with Crippen molar-refractivity contribution in [3.63, 3.8) is 0 Å². The van der Waals surface area contributed by atoms with Crippen LogP contribution >= 0.6 is 0 Å². The largest absolute Gasteiger partial charge is 0.493 e. The standard InChI is InChI=1S/C10H10N4O4/c11-13-12-8-3-4-18-9-2-1-6(14(16)17)5-7(9)10(8)15/h1-2,5,8,10,15H,3-4H2. The number of hydrogen-bond donors (Lipinski definition) is 1. The van der Waals surface area contributed by atoms with Gasteiger partial charge in [-0.05, 0) is 18.0 Å². The maximum Gasteiger partial charge on any atom is 0.270 e. The monoisotopic (exact) mass is 250 g/mol. The molecule has 8 heteroatoms. The minimum Gasteiger partial charge on any atom is -0.493 e. The van der Waals surface area contributed by atoms with E-state index in [1.165, 1.54) is 18.2 Å². The Morgan fingerprint density at radius 3 is 3.06 bits per heavy atom. The number of benzene rings is 1. The number of aliphatic hydroxyl groups excluding tert-OH is 1. The Morgan fingerprint density at radius 1 is 1.61 bits per heavy atom. The summed E-state index contributed by atoms with van der Waals surface area (Å²) in [5.41, 5.74) is 8.55. The molecule has 2 atom stereocenters. The number of aliphatic hydroxyl groups is 1. The first kappa shape index (κ1) is 12.2. The summed E-state index contributed by atoms with van der Waals surface area (Å²) in [6, 6.07) is 3.30. The number of non-ortho nitro benzene ring substituents is 1. The van der Waals surface area contributed by atoms with Gasteiger partial charge in [0, 0.05) is 22.6 Å². The number of ether oxygens (including phenoxy) is 1. The lowest BCUT2D eigenvalue weighted by atomic mass is 10.0. The maximum absolute atomic E-state index is 10.7. The lowest BCUT2D eigenvalue weighted by Crippen LogP contribution is -2.15. The van der Waals surface area contributed by atoms with Crippen LogP contribution in [0.4, 0.5) is 5.69 Å². The second-order valence-electron chi connectivity index (χ2n) is 3.83. The molecule has 0 saturated carbocycles. The zero-order valence-electron chi connectivity index (χ0n) is 9.26. The molecule has 0 saturated heterocycles. The number of azide groups is 1. The van der Waals surface area contributed by atoms with Gasteiger partial charge in [-0.1, -0.05) is 5.11 Å². The minimum atomic E-state index is -1.10. The van der Waals surface area contributed by atoms with E-state index in [0.29, 0.717) is 12.2 Å². The van der Waals surface area contributed by atoms with Crippen molar-refractivity contribution in [2.45, 2.75) is 18.6 Å². The molecular weight excluding hydrogens is 240 g/mol. The van der Waals surface area contributed by atoms with E-state index >= 15 is 0 Å². The number of fused-ring (bicyclic) bond motifs is 1. The molecule has 1 aliphatic heterocycles. The number of nitro groups is 1. The topological polar surface area (TPSA) is 121 Å². The van der Waals surface area contributed by atoms with E-state index in [9.17, 15) is 15.2 Å². The molecule has 1 N–H and O–H groups in total. The molecule has 0 aliphatic carbocycles. The highest BCUT2D eigenvalue weighted by Crippen LogP contribution is 2.35. The van der Waals surface area contributed by atoms with Gasteiger partial charge in [-0.25, -0.2) is 0 Å². The molecule has 1 aromatic rings. The number of rotatable bonds is 2. The predicted octanol–water partition coefficient (Wildman–Crippen LogP) is 2.09. The van der Waals surface area contributed by atoms with Gasteiger partial charge in [0.25, 0.3) is 5.69 Å². The molecule has 1 aliphatic rings. The Morgan fingerprint density at radius 2 is 2.39 bits per heavy atom. The fourth-order valence-electron chi connectivity index (χ4n) is 1.85. The van der Waals surface area contributed by atoms with Crippen molar-refractivity contribution in [1.29, 1.82) is 0 Å². The van der Waals surface area contributed by atoms with Crippen molar-refractivity contribution >= 4 is 5.69 Å². The average molecular weight is 250 g/mol. The third-order valence-corrected chi connectivity index (χ3v) is 2.76. The SMILES string of the molecule is [N-]=[N+]=NC1CCOc2ccc([N+](=O)[O-])cc2C1O. The summed E-state index contributed by atoms with van der Waals surface area (Å²) in [5.74, 6) is 0.378. The summed E-state index contributed by atoms with van der Waals surface area (Å²) in [6.45, 7) is 0.283. The van der Waals surface area contributed by atoms with Gasteiger partial charge in [-0.3, -0.25) is 10.1 Å². The van der Waals surface area contributed by atoms with Gasteiger partial charge in [0.15, 0.2) is 0 Å². The van der Waals surface area contributed by atoms with E-state index in [0.717, 1.165) is 0 Å². The van der Waals surface area contributed by atoms with Crippen LogP contribution in [0, 0.1) is 10.1 Å². The van der Waals surface area contributed by atoms with Gasteiger partial charge in [0.05, 0.1) is 23.7 Å². The van der Waals surface area contributed by atoms with Crippen molar-refractivity contribution < 1.29 is 14.8 Å². The lowest BCUT2D eigenvalue weighted by Gasteiger charge is -2.15. The third-order valence-electron chi connectivity index (χ3n) is 2.76. The second kappa shape index (κ2) is 4.91. The molecule has 0 fully saturated rings. The van der Waals surface area contributed by atoms with Gasteiger partial charge >= 0.3 is 0 Å². The molecule has 0 bridgehead atoms. The first-order chi connectivity index (χ1) is 8.63. The Kier molecular flexibility index (Phi) is 3.31. The molecule has 94 valence electrons. The van der Waals surface area contributed by atoms with E-state index in [1.807, 2.05) is 0 Å². The molecule has 1 aromatic carbocycles. The molecule has 0 aromatic heterocycles. The predicted molar refractivity (Wildman–Crippen MR) is 61.1 cm³/mol. The van der Waals surface area contributed by atoms with Gasteiger partial charge < -0.3 is 9.84 Å². The normalized spacial score (nSPS) is 22.1. The fourth-order valence-corrected chi connectivity index (χ4v) is 1.85. The quantitative estimate of drug-likeness (QED) is 0.284. The Labute approximate surface area is 102 Å². The highest BCUT2D eigenvalue weighted by molar-refractivity contribution is 5.45. The highest BCUT2D eigenvalue weighted by atomic mass is 16.6. The molecule has 0 spiro atoms. The van der Waals surface area contributed by atoms with Crippen LogP contribution in [-0.2, 0) is 0 Å². The highest BCUT2D eigenvalue weighted by Gasteiger charge is 2.28. The van der Waals surface area contributed by atoms with E-state index in [1.54, 1.807) is 0 Å². The first-order valence-electron chi connectivity index (χ1n) is 5.27. The van der Waals surface area contributed by atoms with Crippen molar-refractivity contribution in [3.8, 4) is 5.75 Å². The Balaban J connectivity index is 2.45. The minimum absolute atomic E-state index is 0.141. The van der Waals surface area contributed by atoms with Gasteiger partial charge in [0.2, 0.25) is 0 Å². The van der Waals surface area contributed by atoms with Gasteiger partial charge in [-0.2, -0.15) is 0 Å². The van der Waals surface area contributed by atoms with Crippen LogP contribution in [0.25, 0.3) is 10.4 Å². The van der Waals surface area contributed by atoms with Crippen LogP contribution in [0.1, 0.15) is 18.1 Å². The van der Waals surface area contributed by atoms with Crippen LogP contribution in [0.15, 0.2) is 23.3 Å². The van der Waals surface area contributed by atoms with Crippen LogP contribution in [-0.4, -0.2) is 22.7 Å². The second-order valence-corrected chi connectivity index (χ2v) is 3.83. The number of hydrogen-bond acceptors (Lipinski definition) is 5. The number of nitro benzene ring substituents is 1. The van der Waals surface area contributed by atoms with Crippen LogP contribution in [0.3, 0.4) is 0 Å². The van der Waals surface area contributed by atoms with E-state index < -0.39 is 17.1 Å². The van der Waals surface area contributed by atoms with Gasteiger partial charge in [0.1, 0.15) is 5.75 Å². The summed E-state index contributed by atoms with van der Waals surface area (Å²) in [5, 5.41) is 24.2. The summed E-state index contributed by atoms with van der Waals surface area (Å²) in [7, 11) is 0. The zero-order chi connectivity index (χ0) is 13.1. The molecule has 18 heavy (non-hydrogen) atoms. The first-order valence-corrected chi connectivity index (χ1v) is 5.27. The maximum atomic E-state index is 10.7. The van der Waals surface area contributed by atoms with Crippen molar-refractivity contribution in [2.24, 2.45) is 5.11 Å². The third kappa shape index (κ3) is 2.20. The molecule has 2 unspecified atom stereocenters. The van der Waals surface area contributed by atoms with Crippen molar-refractivity contribution in [3.05, 3.63) is 44.3 Å². The van der Waals surface area contributed by atoms with Crippen LogP contribution in [0.2, 0.25) is 0 Å². The van der Waals surface area contributed by atoms with E-state index in [4.69, 9.17) is 10.3 Å². The summed E-state index contributed by atoms with van der Waals surface area (Å²) < 4.78 is 5.36. The Hall–Kier alpha value is -2.31. The van der Waals surface area contributed by atoms with Crippen LogP contribution in [0.5, 0.6) is 5.75 Å². The molecular formula is C10H10N4O4. The van der Waals surface area contributed by atoms with Crippen molar-refractivity contribution in [1.82, 2.24) is 0 Å². The van der Waals surface area contributed by atoms with E-state index in [-0.39, 0.29) is 17.9 Å². The zero-order valence-corrected chi connectivity index (χ0v) is 9.26. The van der Waals surface area contributed by atoms with E-state index in [2.05, 4.69) is 10.0 Å². The average Bonchev–Trinajstić information content (AvgIpc) is 2.50. The smallest absolute Gasteiger partial charge is 0.270 e. The molecule has 0 radical (unpaired) electrons. The summed E-state index contributed by atoms with van der Waals surface area (Å²) in [6.07, 6.45) is -0.744. The molecule has 8 nitrogen and oxygen atoms in total. The van der Waals surface area contributed by atoms with Crippen molar-refractivity contribution in [2.75, 3.05) is 6.61 Å². The Bertz CT molecular complexity index is 527. The van der Waals surface area contributed by atoms with Crippen LogP contribution < -0.4 is 4.74 Å². The molecule has 1 heterocycles. The molecule has 2 rings (SSSR count). The number of nitrogens with zero attached hydrogens (tertiary/aromatic N) is 4. The van der Waals surface area contributed by atoms with Gasteiger partial charge in [-0.15, -0.1) is 0 Å². The fraction of sp³-hybridized carbons (Fsp3) is 0.400. The summed E-state index contributed by atoms with van der Waals surface area (Å²) >= 11 is 0. The lowest BCUT2D eigenvalue weighted by molar-refractivity contribution is -0.385.